The minimum absolute atomic E-state index is 0.380. The summed E-state index contributed by atoms with van der Waals surface area (Å²) in [6.45, 7) is 2.79. The molecule has 4 N–H and O–H groups in total. The van der Waals surface area contributed by atoms with Gasteiger partial charge in [0, 0.05) is 18.8 Å². The molecule has 0 aromatic carbocycles. The molecular weight excluding hydrogens is 286 g/mol. The molecule has 1 aliphatic rings. The molecule has 2 rings (SSSR count). The van der Waals surface area contributed by atoms with Gasteiger partial charge in [-0.15, -0.1) is 0 Å². The summed E-state index contributed by atoms with van der Waals surface area (Å²) in [6, 6.07) is 0.406. The van der Waals surface area contributed by atoms with Crippen molar-refractivity contribution in [1.82, 2.24) is 9.97 Å². The summed E-state index contributed by atoms with van der Waals surface area (Å²) in [5.74, 6) is 6.43. The van der Waals surface area contributed by atoms with E-state index in [1.54, 1.807) is 6.20 Å². The van der Waals surface area contributed by atoms with Crippen LogP contribution in [0.4, 0.5) is 11.8 Å². The Morgan fingerprint density at radius 3 is 3.00 bits per heavy atom. The molecule has 0 radical (unpaired) electrons. The number of aromatic nitrogens is 2. The van der Waals surface area contributed by atoms with Crippen LogP contribution in [0.15, 0.2) is 10.7 Å². The van der Waals surface area contributed by atoms with E-state index in [0.717, 1.165) is 29.7 Å². The van der Waals surface area contributed by atoms with E-state index in [4.69, 9.17) is 10.6 Å². The molecule has 1 fully saturated rings. The van der Waals surface area contributed by atoms with Crippen molar-refractivity contribution in [3.63, 3.8) is 0 Å². The molecule has 1 aromatic heterocycles. The molecule has 0 amide bonds. The van der Waals surface area contributed by atoms with Crippen LogP contribution in [0.5, 0.6) is 0 Å². The first-order chi connectivity index (χ1) is 8.22. The minimum atomic E-state index is 0.380. The number of ether oxygens (including phenoxy) is 1. The lowest BCUT2D eigenvalue weighted by atomic mass is 9.89. The van der Waals surface area contributed by atoms with Gasteiger partial charge in [0.2, 0.25) is 5.95 Å². The van der Waals surface area contributed by atoms with Gasteiger partial charge in [-0.25, -0.2) is 10.8 Å². The lowest BCUT2D eigenvalue weighted by Gasteiger charge is -2.35. The van der Waals surface area contributed by atoms with E-state index in [-0.39, 0.29) is 0 Å². The van der Waals surface area contributed by atoms with Gasteiger partial charge in [0.05, 0.1) is 10.6 Å². The van der Waals surface area contributed by atoms with Crippen molar-refractivity contribution < 1.29 is 4.74 Å². The molecule has 7 heteroatoms. The van der Waals surface area contributed by atoms with Gasteiger partial charge in [-0.05, 0) is 35.7 Å². The molecule has 0 atom stereocenters. The van der Waals surface area contributed by atoms with Crippen LogP contribution < -0.4 is 16.6 Å². The molecule has 1 aliphatic carbocycles. The summed E-state index contributed by atoms with van der Waals surface area (Å²) in [7, 11) is 0. The second kappa shape index (κ2) is 5.61. The minimum Gasteiger partial charge on any atom is -0.378 e. The third-order valence-corrected chi connectivity index (χ3v) is 3.29. The maximum absolute atomic E-state index is 5.50. The Morgan fingerprint density at radius 1 is 1.59 bits per heavy atom. The highest BCUT2D eigenvalue weighted by Crippen LogP contribution is 2.29. The van der Waals surface area contributed by atoms with Crippen LogP contribution in [0.2, 0.25) is 0 Å². The van der Waals surface area contributed by atoms with Crippen molar-refractivity contribution in [2.75, 3.05) is 17.3 Å². The van der Waals surface area contributed by atoms with E-state index in [1.165, 1.54) is 0 Å². The largest absolute Gasteiger partial charge is 0.378 e. The lowest BCUT2D eigenvalue weighted by molar-refractivity contribution is 0.00291. The number of nitrogens with one attached hydrogen (secondary N) is 2. The van der Waals surface area contributed by atoms with E-state index in [2.05, 4.69) is 36.6 Å². The molecule has 17 heavy (non-hydrogen) atoms. The number of nitrogen functional groups attached to an aromatic ring is 1. The predicted octanol–water partition coefficient (Wildman–Crippen LogP) is 1.50. The fourth-order valence-corrected chi connectivity index (χ4v) is 2.09. The highest BCUT2D eigenvalue weighted by molar-refractivity contribution is 9.10. The van der Waals surface area contributed by atoms with Crippen LogP contribution in [0.1, 0.15) is 19.8 Å². The fourth-order valence-electron chi connectivity index (χ4n) is 1.79. The number of rotatable bonds is 5. The average molecular weight is 302 g/mol. The van der Waals surface area contributed by atoms with Crippen molar-refractivity contribution >= 4 is 27.7 Å². The van der Waals surface area contributed by atoms with Crippen LogP contribution in [-0.4, -0.2) is 28.7 Å². The molecule has 0 unspecified atom stereocenters. The first-order valence-corrected chi connectivity index (χ1v) is 6.39. The van der Waals surface area contributed by atoms with Crippen molar-refractivity contribution in [1.29, 1.82) is 0 Å². The first kappa shape index (κ1) is 12.5. The van der Waals surface area contributed by atoms with Gasteiger partial charge < -0.3 is 10.1 Å². The molecule has 6 nitrogen and oxygen atoms in total. The van der Waals surface area contributed by atoms with Gasteiger partial charge >= 0.3 is 0 Å². The number of hydrogen-bond donors (Lipinski definition) is 3. The first-order valence-electron chi connectivity index (χ1n) is 5.60. The van der Waals surface area contributed by atoms with Gasteiger partial charge in [0.1, 0.15) is 5.82 Å². The Balaban J connectivity index is 1.91. The monoisotopic (exact) mass is 301 g/mol. The highest BCUT2D eigenvalue weighted by atomic mass is 79.9. The van der Waals surface area contributed by atoms with Crippen LogP contribution in [0.3, 0.4) is 0 Å². The summed E-state index contributed by atoms with van der Waals surface area (Å²) < 4.78 is 6.33. The molecule has 1 aromatic rings. The summed E-state index contributed by atoms with van der Waals surface area (Å²) >= 11 is 3.40. The third-order valence-electron chi connectivity index (χ3n) is 2.71. The Hall–Kier alpha value is -0.920. The molecule has 0 bridgehead atoms. The Labute approximate surface area is 108 Å². The number of nitrogens with zero attached hydrogens (tertiary/aromatic N) is 2. The number of hydrazine groups is 1. The van der Waals surface area contributed by atoms with Crippen LogP contribution in [-0.2, 0) is 4.74 Å². The van der Waals surface area contributed by atoms with Gasteiger partial charge in [-0.3, -0.25) is 5.43 Å². The third kappa shape index (κ3) is 3.05. The number of nitrogens with two attached hydrogens (primary N) is 1. The smallest absolute Gasteiger partial charge is 0.239 e. The number of anilines is 2. The summed E-state index contributed by atoms with van der Waals surface area (Å²) in [5, 5.41) is 3.34. The molecule has 0 spiro atoms. The summed E-state index contributed by atoms with van der Waals surface area (Å²) in [5.41, 5.74) is 2.43. The van der Waals surface area contributed by atoms with E-state index < -0.39 is 0 Å². The standard InChI is InChI=1S/C10H16BrN5O/c1-2-17-7-3-6(4-7)14-9-8(11)5-13-10(15-9)16-12/h5-7H,2-4,12H2,1H3,(H2,13,14,15,16). The Bertz CT molecular complexity index is 383. The molecule has 0 saturated heterocycles. The quantitative estimate of drug-likeness (QED) is 0.564. The van der Waals surface area contributed by atoms with Gasteiger partial charge in [-0.1, -0.05) is 0 Å². The van der Waals surface area contributed by atoms with Crippen molar-refractivity contribution in [2.24, 2.45) is 5.84 Å². The normalized spacial score (nSPS) is 23.0. The molecule has 1 heterocycles. The predicted molar refractivity (Wildman–Crippen MR) is 69.6 cm³/mol. The average Bonchev–Trinajstić information content (AvgIpc) is 2.29. The van der Waals surface area contributed by atoms with Crippen molar-refractivity contribution in [2.45, 2.75) is 31.9 Å². The molecule has 1 saturated carbocycles. The van der Waals surface area contributed by atoms with Crippen LogP contribution in [0, 0.1) is 0 Å². The second-order valence-corrected chi connectivity index (χ2v) is 4.78. The van der Waals surface area contributed by atoms with Gasteiger partial charge in [0.15, 0.2) is 0 Å². The van der Waals surface area contributed by atoms with E-state index >= 15 is 0 Å². The zero-order chi connectivity index (χ0) is 12.3. The number of halogens is 1. The van der Waals surface area contributed by atoms with Gasteiger partial charge in [-0.2, -0.15) is 4.98 Å². The summed E-state index contributed by atoms with van der Waals surface area (Å²) in [4.78, 5) is 8.23. The SMILES string of the molecule is CCOC1CC(Nc2nc(NN)ncc2Br)C1. The second-order valence-electron chi connectivity index (χ2n) is 3.92. The zero-order valence-electron chi connectivity index (χ0n) is 9.61. The van der Waals surface area contributed by atoms with Gasteiger partial charge in [0.25, 0.3) is 0 Å². The maximum Gasteiger partial charge on any atom is 0.239 e. The van der Waals surface area contributed by atoms with Crippen molar-refractivity contribution in [3.8, 4) is 0 Å². The van der Waals surface area contributed by atoms with E-state index in [9.17, 15) is 0 Å². The molecular formula is C10H16BrN5O. The van der Waals surface area contributed by atoms with Crippen LogP contribution in [0.25, 0.3) is 0 Å². The topological polar surface area (TPSA) is 85.1 Å². The van der Waals surface area contributed by atoms with E-state index in [0.29, 0.717) is 18.1 Å². The zero-order valence-corrected chi connectivity index (χ0v) is 11.2. The fraction of sp³-hybridized carbons (Fsp3) is 0.600. The van der Waals surface area contributed by atoms with E-state index in [1.807, 2.05) is 6.92 Å². The number of hydrogen-bond acceptors (Lipinski definition) is 6. The Kier molecular flexibility index (Phi) is 4.14. The lowest BCUT2D eigenvalue weighted by Crippen LogP contribution is -2.41. The van der Waals surface area contributed by atoms with Crippen molar-refractivity contribution in [3.05, 3.63) is 10.7 Å². The van der Waals surface area contributed by atoms with Crippen LogP contribution >= 0.6 is 15.9 Å². The molecule has 0 aliphatic heterocycles. The Morgan fingerprint density at radius 2 is 2.35 bits per heavy atom. The maximum atomic E-state index is 5.50. The molecule has 94 valence electrons. The highest BCUT2D eigenvalue weighted by Gasteiger charge is 2.30. The summed E-state index contributed by atoms with van der Waals surface area (Å²) in [6.07, 6.45) is 4.07.